The lowest BCUT2D eigenvalue weighted by molar-refractivity contribution is -0.132. The first-order chi connectivity index (χ1) is 8.36. The molecule has 4 nitrogen and oxygen atoms in total. The number of carbonyl (C=O) groups excluding carboxylic acids is 1. The summed E-state index contributed by atoms with van der Waals surface area (Å²) in [6.07, 6.45) is 2.31. The third kappa shape index (κ3) is 4.48. The monoisotopic (exact) mass is 257 g/mol. The van der Waals surface area contributed by atoms with E-state index in [1.165, 1.54) is 5.75 Å². The maximum Gasteiger partial charge on any atom is 0.236 e. The van der Waals surface area contributed by atoms with Crippen molar-refractivity contribution in [1.29, 1.82) is 0 Å². The molecule has 0 aliphatic carbocycles. The van der Waals surface area contributed by atoms with Gasteiger partial charge in [0, 0.05) is 31.9 Å². The summed E-state index contributed by atoms with van der Waals surface area (Å²) in [6.45, 7) is 6.68. The Kier molecular flexibility index (Phi) is 5.61. The molecule has 0 spiro atoms. The van der Waals surface area contributed by atoms with Gasteiger partial charge in [-0.25, -0.2) is 0 Å². The molecule has 2 aliphatic heterocycles. The van der Waals surface area contributed by atoms with Crippen molar-refractivity contribution in [2.45, 2.75) is 12.8 Å². The predicted molar refractivity (Wildman–Crippen MR) is 72.4 cm³/mol. The number of amides is 1. The van der Waals surface area contributed by atoms with Crippen LogP contribution < -0.4 is 5.32 Å². The second-order valence-electron chi connectivity index (χ2n) is 4.73. The van der Waals surface area contributed by atoms with Gasteiger partial charge in [-0.2, -0.15) is 11.8 Å². The zero-order chi connectivity index (χ0) is 11.9. The highest BCUT2D eigenvalue weighted by molar-refractivity contribution is 7.99. The van der Waals surface area contributed by atoms with E-state index in [1.54, 1.807) is 0 Å². The van der Waals surface area contributed by atoms with Crippen molar-refractivity contribution in [2.75, 3.05) is 57.3 Å². The first kappa shape index (κ1) is 13.2. The molecule has 2 rings (SSSR count). The van der Waals surface area contributed by atoms with Gasteiger partial charge in [0.1, 0.15) is 0 Å². The molecule has 98 valence electrons. The highest BCUT2D eigenvalue weighted by Crippen LogP contribution is 2.10. The van der Waals surface area contributed by atoms with Crippen LogP contribution in [0.2, 0.25) is 0 Å². The number of hydrogen-bond acceptors (Lipinski definition) is 4. The first-order valence-corrected chi connectivity index (χ1v) is 7.80. The zero-order valence-electron chi connectivity index (χ0n) is 10.5. The van der Waals surface area contributed by atoms with Crippen molar-refractivity contribution in [2.24, 2.45) is 0 Å². The van der Waals surface area contributed by atoms with Crippen LogP contribution in [0.4, 0.5) is 0 Å². The molecule has 2 saturated heterocycles. The van der Waals surface area contributed by atoms with Crippen LogP contribution in [-0.4, -0.2) is 73.0 Å². The molecule has 0 aromatic heterocycles. The van der Waals surface area contributed by atoms with Crippen molar-refractivity contribution >= 4 is 17.7 Å². The van der Waals surface area contributed by atoms with Crippen LogP contribution in [0.1, 0.15) is 12.8 Å². The third-order valence-electron chi connectivity index (χ3n) is 3.37. The van der Waals surface area contributed by atoms with Crippen molar-refractivity contribution in [3.05, 3.63) is 0 Å². The first-order valence-electron chi connectivity index (χ1n) is 6.65. The van der Waals surface area contributed by atoms with Crippen LogP contribution >= 0.6 is 11.8 Å². The second-order valence-corrected chi connectivity index (χ2v) is 5.95. The summed E-state index contributed by atoms with van der Waals surface area (Å²) in [4.78, 5) is 16.5. The average molecular weight is 257 g/mol. The van der Waals surface area contributed by atoms with Crippen LogP contribution in [0, 0.1) is 0 Å². The molecule has 2 fully saturated rings. The molecule has 2 heterocycles. The topological polar surface area (TPSA) is 35.6 Å². The summed E-state index contributed by atoms with van der Waals surface area (Å²) < 4.78 is 0. The fourth-order valence-electron chi connectivity index (χ4n) is 2.35. The van der Waals surface area contributed by atoms with E-state index < -0.39 is 0 Å². The summed E-state index contributed by atoms with van der Waals surface area (Å²) >= 11 is 1.97. The highest BCUT2D eigenvalue weighted by Gasteiger charge is 2.19. The fourth-order valence-corrected chi connectivity index (χ4v) is 3.23. The van der Waals surface area contributed by atoms with Crippen molar-refractivity contribution in [1.82, 2.24) is 15.1 Å². The van der Waals surface area contributed by atoms with Crippen LogP contribution in [-0.2, 0) is 4.79 Å². The summed E-state index contributed by atoms with van der Waals surface area (Å²) in [6, 6.07) is 0. The summed E-state index contributed by atoms with van der Waals surface area (Å²) in [7, 11) is 0. The van der Waals surface area contributed by atoms with Crippen molar-refractivity contribution in [3.63, 3.8) is 0 Å². The van der Waals surface area contributed by atoms with E-state index in [1.807, 2.05) is 11.8 Å². The van der Waals surface area contributed by atoms with Gasteiger partial charge in [-0.05, 0) is 31.7 Å². The maximum atomic E-state index is 12.2. The lowest BCUT2D eigenvalue weighted by Crippen LogP contribution is -2.42. The van der Waals surface area contributed by atoms with Gasteiger partial charge < -0.3 is 10.2 Å². The van der Waals surface area contributed by atoms with Gasteiger partial charge in [0.05, 0.1) is 6.54 Å². The van der Waals surface area contributed by atoms with E-state index in [0.717, 1.165) is 57.9 Å². The summed E-state index contributed by atoms with van der Waals surface area (Å²) in [5.74, 6) is 2.64. The standard InChI is InChI=1S/C12H23N3OS/c16-12(15-6-2-9-17-10-8-15)11-14-5-1-3-13-4-7-14/h13H,1-11H2. The smallest absolute Gasteiger partial charge is 0.236 e. The largest absolute Gasteiger partial charge is 0.341 e. The number of rotatable bonds is 2. The van der Waals surface area contributed by atoms with Crippen LogP contribution in [0.25, 0.3) is 0 Å². The quantitative estimate of drug-likeness (QED) is 0.769. The van der Waals surface area contributed by atoms with E-state index in [9.17, 15) is 4.79 Å². The average Bonchev–Trinajstić information content (AvgIpc) is 2.72. The molecule has 0 aromatic carbocycles. The highest BCUT2D eigenvalue weighted by atomic mass is 32.2. The van der Waals surface area contributed by atoms with Crippen LogP contribution in [0.5, 0.6) is 0 Å². The second kappa shape index (κ2) is 7.24. The molecule has 0 bridgehead atoms. The molecular weight excluding hydrogens is 234 g/mol. The minimum absolute atomic E-state index is 0.328. The van der Waals surface area contributed by atoms with Gasteiger partial charge in [-0.1, -0.05) is 0 Å². The molecule has 0 unspecified atom stereocenters. The molecule has 0 radical (unpaired) electrons. The SMILES string of the molecule is O=C(CN1CCCNCC1)N1CCCSCC1. The number of nitrogens with one attached hydrogen (secondary N) is 1. The Morgan fingerprint density at radius 2 is 2.00 bits per heavy atom. The molecule has 2 aliphatic rings. The van der Waals surface area contributed by atoms with E-state index in [2.05, 4.69) is 15.1 Å². The molecular formula is C12H23N3OS. The van der Waals surface area contributed by atoms with Crippen molar-refractivity contribution in [3.8, 4) is 0 Å². The van der Waals surface area contributed by atoms with Crippen LogP contribution in [0.3, 0.4) is 0 Å². The van der Waals surface area contributed by atoms with Crippen LogP contribution in [0.15, 0.2) is 0 Å². The Morgan fingerprint density at radius 1 is 1.06 bits per heavy atom. The van der Waals surface area contributed by atoms with E-state index >= 15 is 0 Å². The molecule has 0 atom stereocenters. The molecule has 1 N–H and O–H groups in total. The van der Waals surface area contributed by atoms with E-state index in [-0.39, 0.29) is 0 Å². The number of nitrogens with zero attached hydrogens (tertiary/aromatic N) is 2. The van der Waals surface area contributed by atoms with Gasteiger partial charge in [0.15, 0.2) is 0 Å². The Bertz CT molecular complexity index is 234. The Hall–Kier alpha value is -0.260. The number of thioether (sulfide) groups is 1. The zero-order valence-corrected chi connectivity index (χ0v) is 11.3. The molecule has 0 saturated carbocycles. The predicted octanol–water partition coefficient (Wildman–Crippen LogP) is 0.247. The third-order valence-corrected chi connectivity index (χ3v) is 4.42. The minimum atomic E-state index is 0.328. The number of hydrogen-bond donors (Lipinski definition) is 1. The van der Waals surface area contributed by atoms with Crippen molar-refractivity contribution < 1.29 is 4.79 Å². The van der Waals surface area contributed by atoms with Gasteiger partial charge in [0.25, 0.3) is 0 Å². The number of carbonyl (C=O) groups is 1. The van der Waals surface area contributed by atoms with Gasteiger partial charge in [-0.15, -0.1) is 0 Å². The van der Waals surface area contributed by atoms with Gasteiger partial charge >= 0.3 is 0 Å². The lowest BCUT2D eigenvalue weighted by Gasteiger charge is -2.25. The molecule has 1 amide bonds. The van der Waals surface area contributed by atoms with Gasteiger partial charge in [-0.3, -0.25) is 9.69 Å². The van der Waals surface area contributed by atoms with E-state index in [0.29, 0.717) is 12.5 Å². The Morgan fingerprint density at radius 3 is 2.94 bits per heavy atom. The molecule has 17 heavy (non-hydrogen) atoms. The Balaban J connectivity index is 1.77. The minimum Gasteiger partial charge on any atom is -0.341 e. The summed E-state index contributed by atoms with van der Waals surface area (Å²) in [5.41, 5.74) is 0. The normalized spacial score (nSPS) is 24.1. The van der Waals surface area contributed by atoms with E-state index in [4.69, 9.17) is 0 Å². The van der Waals surface area contributed by atoms with Gasteiger partial charge in [0.2, 0.25) is 5.91 Å². The Labute approximate surface area is 108 Å². The lowest BCUT2D eigenvalue weighted by atomic mass is 10.3. The maximum absolute atomic E-state index is 12.2. The summed E-state index contributed by atoms with van der Waals surface area (Å²) in [5, 5.41) is 3.37. The molecule has 5 heteroatoms. The fraction of sp³-hybridized carbons (Fsp3) is 0.917. The molecule has 0 aromatic rings.